The van der Waals surface area contributed by atoms with Gasteiger partial charge in [0.1, 0.15) is 5.54 Å². The molecule has 1 atom stereocenters. The smallest absolute Gasteiger partial charge is 0.238 e. The lowest BCUT2D eigenvalue weighted by Crippen LogP contribution is -2.55. The first kappa shape index (κ1) is 21.9. The first-order chi connectivity index (χ1) is 13.2. The number of anilines is 1. The highest BCUT2D eigenvalue weighted by molar-refractivity contribution is 5.94. The second-order valence-corrected chi connectivity index (χ2v) is 8.16. The fraction of sp³-hybridized carbons (Fsp3) is 0.591. The van der Waals surface area contributed by atoms with E-state index < -0.39 is 11.6 Å². The first-order valence-corrected chi connectivity index (χ1v) is 9.98. The predicted molar refractivity (Wildman–Crippen MR) is 111 cm³/mol. The average molecular weight is 385 g/mol. The molecule has 1 saturated carbocycles. The number of aryl methyl sites for hydroxylation is 3. The normalized spacial score (nSPS) is 16.9. The van der Waals surface area contributed by atoms with E-state index in [2.05, 4.69) is 16.7 Å². The van der Waals surface area contributed by atoms with Gasteiger partial charge in [0.2, 0.25) is 11.8 Å². The number of nitriles is 1. The molecule has 2 amide bonds. The lowest BCUT2D eigenvalue weighted by Gasteiger charge is -2.34. The molecule has 6 heteroatoms. The summed E-state index contributed by atoms with van der Waals surface area (Å²) in [4.78, 5) is 26.9. The van der Waals surface area contributed by atoms with Crippen molar-refractivity contribution < 1.29 is 9.59 Å². The molecule has 0 saturated heterocycles. The van der Waals surface area contributed by atoms with Crippen molar-refractivity contribution in [1.82, 2.24) is 10.2 Å². The molecule has 28 heavy (non-hydrogen) atoms. The Kier molecular flexibility index (Phi) is 7.20. The maximum atomic E-state index is 12.7. The van der Waals surface area contributed by atoms with Gasteiger partial charge < -0.3 is 10.6 Å². The van der Waals surface area contributed by atoms with Gasteiger partial charge in [0, 0.05) is 5.69 Å². The number of hydrogen-bond donors (Lipinski definition) is 2. The van der Waals surface area contributed by atoms with Gasteiger partial charge in [0.25, 0.3) is 0 Å². The summed E-state index contributed by atoms with van der Waals surface area (Å²) in [5, 5.41) is 15.5. The Balaban J connectivity index is 1.96. The summed E-state index contributed by atoms with van der Waals surface area (Å²) < 4.78 is 0. The highest BCUT2D eigenvalue weighted by Gasteiger charge is 2.35. The second-order valence-electron chi connectivity index (χ2n) is 8.16. The van der Waals surface area contributed by atoms with Crippen molar-refractivity contribution in [2.24, 2.45) is 0 Å². The highest BCUT2D eigenvalue weighted by Crippen LogP contribution is 2.27. The summed E-state index contributed by atoms with van der Waals surface area (Å²) in [6.45, 7) is 7.83. The van der Waals surface area contributed by atoms with Crippen LogP contribution in [0.15, 0.2) is 12.1 Å². The molecule has 1 unspecified atom stereocenters. The molecular formula is C22H32N4O2. The molecule has 152 valence electrons. The molecule has 1 fully saturated rings. The lowest BCUT2D eigenvalue weighted by atomic mass is 9.82. The fourth-order valence-corrected chi connectivity index (χ4v) is 3.88. The minimum atomic E-state index is -0.761. The van der Waals surface area contributed by atoms with Crippen LogP contribution in [0.1, 0.15) is 55.7 Å². The van der Waals surface area contributed by atoms with Gasteiger partial charge in [-0.1, -0.05) is 37.0 Å². The van der Waals surface area contributed by atoms with E-state index in [1.165, 1.54) is 0 Å². The van der Waals surface area contributed by atoms with Crippen molar-refractivity contribution in [2.75, 3.05) is 18.9 Å². The zero-order valence-corrected chi connectivity index (χ0v) is 17.7. The van der Waals surface area contributed by atoms with Gasteiger partial charge >= 0.3 is 0 Å². The number of hydrogen-bond acceptors (Lipinski definition) is 4. The molecule has 0 aromatic heterocycles. The number of carbonyl (C=O) groups is 2. The van der Waals surface area contributed by atoms with E-state index in [1.807, 2.05) is 32.9 Å². The van der Waals surface area contributed by atoms with Crippen molar-refractivity contribution in [1.29, 1.82) is 5.26 Å². The van der Waals surface area contributed by atoms with Crippen LogP contribution in [-0.2, 0) is 9.59 Å². The largest absolute Gasteiger partial charge is 0.336 e. The van der Waals surface area contributed by atoms with Gasteiger partial charge in [-0.3, -0.25) is 14.5 Å². The molecule has 0 radical (unpaired) electrons. The minimum absolute atomic E-state index is 0.0981. The monoisotopic (exact) mass is 384 g/mol. The molecule has 1 aromatic carbocycles. The SMILES string of the molecule is Cc1cc(C)c(NC(=O)CN(C)C(C)C(=O)NC2(C#N)CCCCC2)c(C)c1. The maximum absolute atomic E-state index is 12.7. The Morgan fingerprint density at radius 2 is 1.75 bits per heavy atom. The molecule has 2 N–H and O–H groups in total. The maximum Gasteiger partial charge on any atom is 0.238 e. The Morgan fingerprint density at radius 3 is 2.29 bits per heavy atom. The van der Waals surface area contributed by atoms with E-state index in [9.17, 15) is 14.9 Å². The molecule has 6 nitrogen and oxygen atoms in total. The van der Waals surface area contributed by atoms with Gasteiger partial charge in [-0.05, 0) is 58.7 Å². The van der Waals surface area contributed by atoms with Crippen LogP contribution in [-0.4, -0.2) is 41.9 Å². The van der Waals surface area contributed by atoms with E-state index in [1.54, 1.807) is 18.9 Å². The van der Waals surface area contributed by atoms with Crippen LogP contribution in [0.2, 0.25) is 0 Å². The average Bonchev–Trinajstić information content (AvgIpc) is 2.64. The zero-order chi connectivity index (χ0) is 20.9. The molecular weight excluding hydrogens is 352 g/mol. The van der Waals surface area contributed by atoms with Crippen LogP contribution in [0, 0.1) is 32.1 Å². The van der Waals surface area contributed by atoms with Crippen molar-refractivity contribution >= 4 is 17.5 Å². The molecule has 0 heterocycles. The molecule has 0 bridgehead atoms. The summed E-state index contributed by atoms with van der Waals surface area (Å²) in [7, 11) is 1.75. The standard InChI is InChI=1S/C22H32N4O2/c1-15-11-16(2)20(17(3)12-15)24-19(27)13-26(5)18(4)21(28)25-22(14-23)9-7-6-8-10-22/h11-12,18H,6-10,13H2,1-5H3,(H,24,27)(H,25,28). The number of carbonyl (C=O) groups excluding carboxylic acids is 2. The van der Waals surface area contributed by atoms with Crippen molar-refractivity contribution in [2.45, 2.75) is 71.4 Å². The summed E-state index contributed by atoms with van der Waals surface area (Å²) in [5.41, 5.74) is 3.26. The zero-order valence-electron chi connectivity index (χ0n) is 17.7. The summed E-state index contributed by atoms with van der Waals surface area (Å²) in [5.74, 6) is -0.369. The van der Waals surface area contributed by atoms with Gasteiger partial charge in [-0.2, -0.15) is 5.26 Å². The van der Waals surface area contributed by atoms with Crippen molar-refractivity contribution in [3.8, 4) is 6.07 Å². The first-order valence-electron chi connectivity index (χ1n) is 9.98. The fourth-order valence-electron chi connectivity index (χ4n) is 3.88. The number of nitrogens with one attached hydrogen (secondary N) is 2. The summed E-state index contributed by atoms with van der Waals surface area (Å²) >= 11 is 0. The van der Waals surface area contributed by atoms with Gasteiger partial charge in [-0.15, -0.1) is 0 Å². The van der Waals surface area contributed by atoms with E-state index >= 15 is 0 Å². The predicted octanol–water partition coefficient (Wildman–Crippen LogP) is 3.21. The van der Waals surface area contributed by atoms with Crippen molar-refractivity contribution in [3.05, 3.63) is 28.8 Å². The number of amides is 2. The molecule has 2 rings (SSSR count). The Morgan fingerprint density at radius 1 is 1.18 bits per heavy atom. The molecule has 1 aromatic rings. The Bertz CT molecular complexity index is 752. The van der Waals surface area contributed by atoms with Crippen LogP contribution < -0.4 is 10.6 Å². The van der Waals surface area contributed by atoms with Crippen LogP contribution in [0.3, 0.4) is 0 Å². The summed E-state index contributed by atoms with van der Waals surface area (Å²) in [6, 6.07) is 5.87. The topological polar surface area (TPSA) is 85.2 Å². The molecule has 0 spiro atoms. The second kappa shape index (κ2) is 9.20. The molecule has 1 aliphatic rings. The van der Waals surface area contributed by atoms with E-state index in [0.717, 1.165) is 41.6 Å². The van der Waals surface area contributed by atoms with Gasteiger partial charge in [0.05, 0.1) is 18.7 Å². The number of benzene rings is 1. The highest BCUT2D eigenvalue weighted by atomic mass is 16.2. The third-order valence-electron chi connectivity index (χ3n) is 5.66. The Labute approximate surface area is 168 Å². The number of nitrogens with zero attached hydrogens (tertiary/aromatic N) is 2. The third kappa shape index (κ3) is 5.32. The third-order valence-corrected chi connectivity index (χ3v) is 5.66. The number of likely N-dealkylation sites (N-methyl/N-ethyl adjacent to an activating group) is 1. The van der Waals surface area contributed by atoms with Crippen molar-refractivity contribution in [3.63, 3.8) is 0 Å². The lowest BCUT2D eigenvalue weighted by molar-refractivity contribution is -0.128. The van der Waals surface area contributed by atoms with E-state index in [4.69, 9.17) is 0 Å². The van der Waals surface area contributed by atoms with Crippen LogP contribution in [0.5, 0.6) is 0 Å². The Hall–Kier alpha value is -2.39. The molecule has 1 aliphatic carbocycles. The van der Waals surface area contributed by atoms with Crippen LogP contribution in [0.25, 0.3) is 0 Å². The quantitative estimate of drug-likeness (QED) is 0.789. The van der Waals surface area contributed by atoms with Gasteiger partial charge in [0.15, 0.2) is 0 Å². The molecule has 0 aliphatic heterocycles. The van der Waals surface area contributed by atoms with E-state index in [0.29, 0.717) is 12.8 Å². The summed E-state index contributed by atoms with van der Waals surface area (Å²) in [6.07, 6.45) is 4.40. The van der Waals surface area contributed by atoms with E-state index in [-0.39, 0.29) is 18.4 Å². The van der Waals surface area contributed by atoms with Crippen LogP contribution in [0.4, 0.5) is 5.69 Å². The number of rotatable bonds is 6. The minimum Gasteiger partial charge on any atom is -0.336 e. The van der Waals surface area contributed by atoms with Gasteiger partial charge in [-0.25, -0.2) is 0 Å². The van der Waals surface area contributed by atoms with Crippen LogP contribution >= 0.6 is 0 Å².